The van der Waals surface area contributed by atoms with Gasteiger partial charge in [-0.15, -0.1) is 0 Å². The van der Waals surface area contributed by atoms with Gasteiger partial charge in [0, 0.05) is 10.9 Å². The van der Waals surface area contributed by atoms with Crippen LogP contribution in [0.15, 0.2) is 44.3 Å². The summed E-state index contributed by atoms with van der Waals surface area (Å²) < 4.78 is 11.0. The number of esters is 1. The maximum atomic E-state index is 12.4. The zero-order valence-corrected chi connectivity index (χ0v) is 17.1. The maximum Gasteiger partial charge on any atom is 0.342 e. The summed E-state index contributed by atoms with van der Waals surface area (Å²) >= 11 is 3.23. The van der Waals surface area contributed by atoms with Gasteiger partial charge in [0.25, 0.3) is 5.91 Å². The minimum atomic E-state index is -0.640. The van der Waals surface area contributed by atoms with E-state index < -0.39 is 11.9 Å². The van der Waals surface area contributed by atoms with E-state index in [2.05, 4.69) is 26.5 Å². The van der Waals surface area contributed by atoms with Crippen molar-refractivity contribution in [2.75, 3.05) is 6.61 Å². The second-order valence-corrected chi connectivity index (χ2v) is 6.82. The van der Waals surface area contributed by atoms with E-state index in [1.807, 2.05) is 0 Å². The van der Waals surface area contributed by atoms with Crippen molar-refractivity contribution in [3.8, 4) is 11.5 Å². The number of nitrogens with zero attached hydrogens (tertiary/aromatic N) is 1. The minimum absolute atomic E-state index is 0.0413. The van der Waals surface area contributed by atoms with E-state index in [1.165, 1.54) is 24.4 Å². The Kier molecular flexibility index (Phi) is 5.88. The molecule has 8 nitrogen and oxygen atoms in total. The van der Waals surface area contributed by atoms with Gasteiger partial charge < -0.3 is 19.4 Å². The van der Waals surface area contributed by atoms with Crippen LogP contribution in [0, 0.1) is 6.92 Å². The summed E-state index contributed by atoms with van der Waals surface area (Å²) in [7, 11) is 0. The SMILES string of the molecule is CCOC(=O)c1c(C)oc2cc(Br)c(O)c(/C=N/NC(=O)c3ccccc3O)c12. The number of benzene rings is 2. The van der Waals surface area contributed by atoms with Gasteiger partial charge in [0.15, 0.2) is 0 Å². The van der Waals surface area contributed by atoms with Crippen LogP contribution in [0.5, 0.6) is 11.5 Å². The van der Waals surface area contributed by atoms with Crippen molar-refractivity contribution in [3.05, 3.63) is 57.3 Å². The lowest BCUT2D eigenvalue weighted by Crippen LogP contribution is -2.17. The highest BCUT2D eigenvalue weighted by molar-refractivity contribution is 9.10. The van der Waals surface area contributed by atoms with Crippen LogP contribution in [-0.2, 0) is 4.74 Å². The molecule has 9 heteroatoms. The summed E-state index contributed by atoms with van der Waals surface area (Å²) in [6.45, 7) is 3.46. The van der Waals surface area contributed by atoms with Gasteiger partial charge in [0.05, 0.1) is 22.9 Å². The molecule has 3 aromatic rings. The number of aromatic hydroxyl groups is 2. The third kappa shape index (κ3) is 3.95. The summed E-state index contributed by atoms with van der Waals surface area (Å²) in [5.41, 5.74) is 2.98. The first-order valence-corrected chi connectivity index (χ1v) is 9.37. The molecular formula is C20H17BrN2O6. The molecule has 0 radical (unpaired) electrons. The Morgan fingerprint density at radius 3 is 2.72 bits per heavy atom. The molecule has 0 aliphatic heterocycles. The second kappa shape index (κ2) is 8.36. The quantitative estimate of drug-likeness (QED) is 0.302. The summed E-state index contributed by atoms with van der Waals surface area (Å²) in [6, 6.07) is 7.53. The monoisotopic (exact) mass is 460 g/mol. The molecule has 0 saturated carbocycles. The van der Waals surface area contributed by atoms with Crippen LogP contribution < -0.4 is 5.43 Å². The fourth-order valence-corrected chi connectivity index (χ4v) is 3.24. The van der Waals surface area contributed by atoms with Crippen LogP contribution in [0.3, 0.4) is 0 Å². The number of carbonyl (C=O) groups is 2. The predicted octanol–water partition coefficient (Wildman–Crippen LogP) is 3.86. The van der Waals surface area contributed by atoms with Crippen molar-refractivity contribution in [2.24, 2.45) is 5.10 Å². The van der Waals surface area contributed by atoms with Gasteiger partial charge in [-0.1, -0.05) is 12.1 Å². The number of amides is 1. The number of phenolic OH excluding ortho intramolecular Hbond substituents is 2. The zero-order chi connectivity index (χ0) is 21.1. The van der Waals surface area contributed by atoms with E-state index in [-0.39, 0.29) is 34.8 Å². The predicted molar refractivity (Wildman–Crippen MR) is 109 cm³/mol. The molecule has 2 aromatic carbocycles. The number of aryl methyl sites for hydroxylation is 1. The first-order chi connectivity index (χ1) is 13.8. The molecule has 0 aliphatic carbocycles. The number of para-hydroxylation sites is 1. The standard InChI is InChI=1S/C20H17BrN2O6/c1-3-28-20(27)16-10(2)29-15-8-13(21)18(25)12(17(15)16)9-22-23-19(26)11-6-4-5-7-14(11)24/h4-9,24-25H,3H2,1-2H3,(H,23,26)/b22-9+. The molecule has 29 heavy (non-hydrogen) atoms. The van der Waals surface area contributed by atoms with Crippen molar-refractivity contribution in [3.63, 3.8) is 0 Å². The number of nitrogens with one attached hydrogen (secondary N) is 1. The molecule has 1 aromatic heterocycles. The van der Waals surface area contributed by atoms with Crippen LogP contribution in [-0.4, -0.2) is 34.9 Å². The average molecular weight is 461 g/mol. The molecule has 0 fully saturated rings. The molecule has 0 saturated heterocycles. The van der Waals surface area contributed by atoms with Gasteiger partial charge in [-0.3, -0.25) is 4.79 Å². The molecule has 0 spiro atoms. The number of carbonyl (C=O) groups excluding carboxylic acids is 2. The number of fused-ring (bicyclic) bond motifs is 1. The molecule has 3 N–H and O–H groups in total. The lowest BCUT2D eigenvalue weighted by Gasteiger charge is -2.06. The Morgan fingerprint density at radius 2 is 2.03 bits per heavy atom. The zero-order valence-electron chi connectivity index (χ0n) is 15.5. The smallest absolute Gasteiger partial charge is 0.342 e. The van der Waals surface area contributed by atoms with E-state index in [0.717, 1.165) is 0 Å². The maximum absolute atomic E-state index is 12.4. The first-order valence-electron chi connectivity index (χ1n) is 8.58. The fourth-order valence-electron chi connectivity index (χ4n) is 2.82. The second-order valence-electron chi connectivity index (χ2n) is 5.96. The lowest BCUT2D eigenvalue weighted by molar-refractivity contribution is 0.0526. The van der Waals surface area contributed by atoms with Gasteiger partial charge in [-0.2, -0.15) is 5.10 Å². The van der Waals surface area contributed by atoms with Crippen molar-refractivity contribution in [1.29, 1.82) is 0 Å². The van der Waals surface area contributed by atoms with Crippen molar-refractivity contribution < 1.29 is 29.0 Å². The van der Waals surface area contributed by atoms with Gasteiger partial charge in [0.1, 0.15) is 28.4 Å². The number of halogens is 1. The lowest BCUT2D eigenvalue weighted by atomic mass is 10.0. The Labute approximate surface area is 173 Å². The first kappa shape index (κ1) is 20.4. The Balaban J connectivity index is 2.03. The number of phenols is 2. The molecule has 3 rings (SSSR count). The van der Waals surface area contributed by atoms with Gasteiger partial charge in [0.2, 0.25) is 0 Å². The van der Waals surface area contributed by atoms with Crippen LogP contribution in [0.2, 0.25) is 0 Å². The Morgan fingerprint density at radius 1 is 1.31 bits per heavy atom. The van der Waals surface area contributed by atoms with E-state index in [1.54, 1.807) is 26.0 Å². The number of hydrazone groups is 1. The molecule has 0 unspecified atom stereocenters. The normalized spacial score (nSPS) is 11.1. The topological polar surface area (TPSA) is 121 Å². The molecule has 1 heterocycles. The third-order valence-electron chi connectivity index (χ3n) is 4.11. The van der Waals surface area contributed by atoms with Crippen molar-refractivity contribution in [1.82, 2.24) is 5.43 Å². The van der Waals surface area contributed by atoms with Crippen molar-refractivity contribution in [2.45, 2.75) is 13.8 Å². The molecule has 0 bridgehead atoms. The highest BCUT2D eigenvalue weighted by atomic mass is 79.9. The van der Waals surface area contributed by atoms with Crippen molar-refractivity contribution >= 4 is 45.0 Å². The van der Waals surface area contributed by atoms with Crippen LogP contribution in [0.4, 0.5) is 0 Å². The molecular weight excluding hydrogens is 444 g/mol. The molecule has 0 atom stereocenters. The average Bonchev–Trinajstić information content (AvgIpc) is 3.00. The van der Waals surface area contributed by atoms with E-state index in [4.69, 9.17) is 9.15 Å². The Hall–Kier alpha value is -3.33. The van der Waals surface area contributed by atoms with E-state index in [9.17, 15) is 19.8 Å². The van der Waals surface area contributed by atoms with E-state index in [0.29, 0.717) is 21.2 Å². The van der Waals surface area contributed by atoms with Gasteiger partial charge >= 0.3 is 5.97 Å². The van der Waals surface area contributed by atoms with Crippen LogP contribution >= 0.6 is 15.9 Å². The third-order valence-corrected chi connectivity index (χ3v) is 4.71. The summed E-state index contributed by atoms with van der Waals surface area (Å²) in [4.78, 5) is 24.6. The summed E-state index contributed by atoms with van der Waals surface area (Å²) in [6.07, 6.45) is 1.19. The van der Waals surface area contributed by atoms with Crippen LogP contribution in [0.1, 0.15) is 39.0 Å². The van der Waals surface area contributed by atoms with Gasteiger partial charge in [-0.05, 0) is 48.0 Å². The highest BCUT2D eigenvalue weighted by Crippen LogP contribution is 2.38. The highest BCUT2D eigenvalue weighted by Gasteiger charge is 2.24. The number of furan rings is 1. The van der Waals surface area contributed by atoms with Crippen LogP contribution in [0.25, 0.3) is 11.0 Å². The summed E-state index contributed by atoms with van der Waals surface area (Å²) in [5.74, 6) is -1.30. The number of hydrogen-bond donors (Lipinski definition) is 3. The Bertz CT molecular complexity index is 1140. The molecule has 150 valence electrons. The number of rotatable bonds is 5. The molecule has 1 amide bonds. The fraction of sp³-hybridized carbons (Fsp3) is 0.150. The summed E-state index contributed by atoms with van der Waals surface area (Å²) in [5, 5.41) is 24.4. The molecule has 0 aliphatic rings. The number of ether oxygens (including phenoxy) is 1. The number of hydrogen-bond acceptors (Lipinski definition) is 7. The minimum Gasteiger partial charge on any atom is -0.507 e. The van der Waals surface area contributed by atoms with E-state index >= 15 is 0 Å². The largest absolute Gasteiger partial charge is 0.507 e. The van der Waals surface area contributed by atoms with Gasteiger partial charge in [-0.25, -0.2) is 10.2 Å².